The number of benzene rings is 1. The highest BCUT2D eigenvalue weighted by molar-refractivity contribution is 7.99. The largest absolute Gasteiger partial charge is 0.351 e. The molecule has 0 saturated heterocycles. The summed E-state index contributed by atoms with van der Waals surface area (Å²) in [5, 5.41) is 20.4. The van der Waals surface area contributed by atoms with Gasteiger partial charge >= 0.3 is 0 Å². The zero-order valence-corrected chi connectivity index (χ0v) is 17.5. The number of carbonyl (C=O) groups is 1. The van der Waals surface area contributed by atoms with Crippen molar-refractivity contribution in [2.75, 3.05) is 5.75 Å². The van der Waals surface area contributed by atoms with E-state index in [1.807, 2.05) is 53.5 Å². The average Bonchev–Trinajstić information content (AvgIpc) is 3.46. The van der Waals surface area contributed by atoms with E-state index in [0.717, 1.165) is 40.6 Å². The highest BCUT2D eigenvalue weighted by Gasteiger charge is 2.22. The van der Waals surface area contributed by atoms with Crippen molar-refractivity contribution < 1.29 is 4.79 Å². The number of para-hydroxylation sites is 1. The van der Waals surface area contributed by atoms with Crippen LogP contribution in [-0.4, -0.2) is 41.6 Å². The first kappa shape index (κ1) is 19.6. The van der Waals surface area contributed by atoms with Gasteiger partial charge in [-0.2, -0.15) is 5.10 Å². The molecular weight excluding hydrogens is 386 g/mol. The van der Waals surface area contributed by atoms with Gasteiger partial charge in [0.25, 0.3) is 0 Å². The third-order valence-electron chi connectivity index (χ3n) is 5.37. The van der Waals surface area contributed by atoms with Crippen molar-refractivity contribution >= 4 is 17.7 Å². The van der Waals surface area contributed by atoms with Gasteiger partial charge in [-0.1, -0.05) is 42.8 Å². The van der Waals surface area contributed by atoms with Crippen molar-refractivity contribution in [3.8, 4) is 5.69 Å². The van der Waals surface area contributed by atoms with E-state index < -0.39 is 0 Å². The first-order valence-corrected chi connectivity index (χ1v) is 10.9. The van der Waals surface area contributed by atoms with Gasteiger partial charge in [-0.25, -0.2) is 9.36 Å². The van der Waals surface area contributed by atoms with Crippen molar-refractivity contribution in [1.29, 1.82) is 0 Å². The first-order valence-electron chi connectivity index (χ1n) is 9.91. The molecule has 1 amide bonds. The molecule has 0 radical (unpaired) electrons. The van der Waals surface area contributed by atoms with Crippen molar-refractivity contribution in [3.63, 3.8) is 0 Å². The summed E-state index contributed by atoms with van der Waals surface area (Å²) in [7, 11) is 0. The van der Waals surface area contributed by atoms with Crippen LogP contribution >= 0.6 is 11.8 Å². The molecule has 8 nitrogen and oxygen atoms in total. The van der Waals surface area contributed by atoms with E-state index in [1.165, 1.54) is 24.6 Å². The minimum absolute atomic E-state index is 0.0396. The van der Waals surface area contributed by atoms with Crippen molar-refractivity contribution in [2.45, 2.75) is 57.3 Å². The van der Waals surface area contributed by atoms with Crippen LogP contribution in [0, 0.1) is 13.8 Å². The van der Waals surface area contributed by atoms with E-state index in [-0.39, 0.29) is 11.7 Å². The van der Waals surface area contributed by atoms with Crippen LogP contribution in [0.15, 0.2) is 35.5 Å². The number of nitrogens with one attached hydrogen (secondary N) is 1. The molecule has 29 heavy (non-hydrogen) atoms. The minimum Gasteiger partial charge on any atom is -0.351 e. The minimum atomic E-state index is -0.0396. The highest BCUT2D eigenvalue weighted by atomic mass is 32.2. The van der Waals surface area contributed by atoms with Gasteiger partial charge in [-0.05, 0) is 49.2 Å². The summed E-state index contributed by atoms with van der Waals surface area (Å²) in [6.45, 7) is 4.45. The van der Waals surface area contributed by atoms with Crippen LogP contribution in [0.5, 0.6) is 0 Å². The maximum Gasteiger partial charge on any atom is 0.230 e. The molecule has 1 saturated carbocycles. The molecule has 1 N–H and O–H groups in total. The van der Waals surface area contributed by atoms with Gasteiger partial charge in [0.1, 0.15) is 0 Å². The van der Waals surface area contributed by atoms with Crippen molar-refractivity contribution in [1.82, 2.24) is 35.3 Å². The lowest BCUT2D eigenvalue weighted by atomic mass is 10.2. The Morgan fingerprint density at radius 1 is 1.21 bits per heavy atom. The number of hydrogen-bond acceptors (Lipinski definition) is 6. The van der Waals surface area contributed by atoms with E-state index in [4.69, 9.17) is 0 Å². The zero-order chi connectivity index (χ0) is 20.2. The Labute approximate surface area is 174 Å². The lowest BCUT2D eigenvalue weighted by Crippen LogP contribution is -2.25. The number of carbonyl (C=O) groups excluding carboxylic acids is 1. The predicted octanol–water partition coefficient (Wildman–Crippen LogP) is 3.00. The molecule has 1 aliphatic rings. The fourth-order valence-corrected chi connectivity index (χ4v) is 4.55. The number of hydrogen-bond donors (Lipinski definition) is 1. The van der Waals surface area contributed by atoms with Gasteiger partial charge in [0.2, 0.25) is 11.1 Å². The van der Waals surface area contributed by atoms with Crippen LogP contribution in [0.3, 0.4) is 0 Å². The number of aromatic nitrogens is 6. The van der Waals surface area contributed by atoms with E-state index in [0.29, 0.717) is 12.6 Å². The molecule has 1 fully saturated rings. The summed E-state index contributed by atoms with van der Waals surface area (Å²) in [4.78, 5) is 12.4. The number of thioether (sulfide) groups is 1. The van der Waals surface area contributed by atoms with Gasteiger partial charge in [-0.15, -0.1) is 5.10 Å². The molecule has 2 heterocycles. The quantitative estimate of drug-likeness (QED) is 0.601. The van der Waals surface area contributed by atoms with Crippen LogP contribution in [0.25, 0.3) is 5.69 Å². The Kier molecular flexibility index (Phi) is 5.94. The number of rotatable bonds is 7. The smallest absolute Gasteiger partial charge is 0.230 e. The Morgan fingerprint density at radius 3 is 2.72 bits per heavy atom. The Morgan fingerprint density at radius 2 is 1.97 bits per heavy atom. The van der Waals surface area contributed by atoms with Crippen LogP contribution in [0.4, 0.5) is 0 Å². The fourth-order valence-electron chi connectivity index (χ4n) is 3.78. The third-order valence-corrected chi connectivity index (χ3v) is 6.30. The van der Waals surface area contributed by atoms with Crippen molar-refractivity contribution in [3.05, 3.63) is 47.3 Å². The van der Waals surface area contributed by atoms with E-state index >= 15 is 0 Å². The molecule has 2 aromatic heterocycles. The maximum absolute atomic E-state index is 12.4. The monoisotopic (exact) mass is 411 g/mol. The van der Waals surface area contributed by atoms with E-state index in [9.17, 15) is 4.79 Å². The van der Waals surface area contributed by atoms with Gasteiger partial charge in [-0.3, -0.25) is 4.79 Å². The predicted molar refractivity (Wildman–Crippen MR) is 111 cm³/mol. The van der Waals surface area contributed by atoms with Gasteiger partial charge in [0, 0.05) is 17.8 Å². The SMILES string of the molecule is Cc1nn(-c2ccccc2)c(C)c1CNC(=O)CSc1nnnn1C1CCCC1. The second-order valence-electron chi connectivity index (χ2n) is 7.31. The summed E-state index contributed by atoms with van der Waals surface area (Å²) < 4.78 is 3.80. The number of amides is 1. The molecular formula is C20H25N7OS. The van der Waals surface area contributed by atoms with Crippen LogP contribution in [0.2, 0.25) is 0 Å². The molecule has 0 atom stereocenters. The third kappa shape index (κ3) is 4.34. The molecule has 3 aromatic rings. The van der Waals surface area contributed by atoms with E-state index in [2.05, 4.69) is 25.9 Å². The van der Waals surface area contributed by atoms with Crippen LogP contribution in [-0.2, 0) is 11.3 Å². The maximum atomic E-state index is 12.4. The Bertz CT molecular complexity index is 976. The number of nitrogens with zero attached hydrogens (tertiary/aromatic N) is 6. The van der Waals surface area contributed by atoms with Crippen LogP contribution in [0.1, 0.15) is 48.7 Å². The van der Waals surface area contributed by atoms with Gasteiger partial charge in [0.15, 0.2) is 0 Å². The zero-order valence-electron chi connectivity index (χ0n) is 16.7. The molecule has 0 aliphatic heterocycles. The second-order valence-corrected chi connectivity index (χ2v) is 8.25. The molecule has 1 aromatic carbocycles. The summed E-state index contributed by atoms with van der Waals surface area (Å²) in [5.41, 5.74) is 4.01. The summed E-state index contributed by atoms with van der Waals surface area (Å²) in [6.07, 6.45) is 4.64. The molecule has 0 unspecified atom stereocenters. The Balaban J connectivity index is 1.35. The summed E-state index contributed by atoms with van der Waals surface area (Å²) >= 11 is 1.39. The second kappa shape index (κ2) is 8.77. The van der Waals surface area contributed by atoms with Gasteiger partial charge in [0.05, 0.1) is 23.2 Å². The van der Waals surface area contributed by atoms with E-state index in [1.54, 1.807) is 0 Å². The average molecular weight is 412 g/mol. The summed E-state index contributed by atoms with van der Waals surface area (Å²) in [5.74, 6) is 0.250. The Hall–Kier alpha value is -2.68. The standard InChI is InChI=1S/C20H25N7OS/c1-14-18(15(2)26(23-14)16-8-4-3-5-9-16)12-21-19(28)13-29-20-22-24-25-27(20)17-10-6-7-11-17/h3-5,8-9,17H,6-7,10-13H2,1-2H3,(H,21,28). The summed E-state index contributed by atoms with van der Waals surface area (Å²) in [6, 6.07) is 10.4. The lowest BCUT2D eigenvalue weighted by molar-refractivity contribution is -0.118. The van der Waals surface area contributed by atoms with Gasteiger partial charge < -0.3 is 5.32 Å². The lowest BCUT2D eigenvalue weighted by Gasteiger charge is -2.11. The van der Waals surface area contributed by atoms with Crippen LogP contribution < -0.4 is 5.32 Å². The number of aryl methyl sites for hydroxylation is 1. The normalized spacial score (nSPS) is 14.4. The first-order chi connectivity index (χ1) is 14.1. The molecule has 0 spiro atoms. The molecule has 152 valence electrons. The molecule has 0 bridgehead atoms. The van der Waals surface area contributed by atoms with Crippen molar-refractivity contribution in [2.24, 2.45) is 0 Å². The molecule has 1 aliphatic carbocycles. The fraction of sp³-hybridized carbons (Fsp3) is 0.450. The molecule has 4 rings (SSSR count). The molecule has 9 heteroatoms. The number of tetrazole rings is 1. The topological polar surface area (TPSA) is 90.5 Å². The highest BCUT2D eigenvalue weighted by Crippen LogP contribution is 2.31.